The molecule has 0 fully saturated rings. The van der Waals surface area contributed by atoms with E-state index in [1.807, 2.05) is 6.92 Å². The van der Waals surface area contributed by atoms with E-state index in [4.69, 9.17) is 9.94 Å². The Labute approximate surface area is 83.4 Å². The minimum atomic E-state index is -0.551. The molecule has 0 radical (unpaired) electrons. The van der Waals surface area contributed by atoms with Crippen molar-refractivity contribution in [2.45, 2.75) is 13.3 Å². The summed E-state index contributed by atoms with van der Waals surface area (Å²) in [5.41, 5.74) is 0. The third-order valence-corrected chi connectivity index (χ3v) is 1.72. The summed E-state index contributed by atoms with van der Waals surface area (Å²) in [7, 11) is 1.52. The number of nitrogens with one attached hydrogen (secondary N) is 1. The molecule has 0 aromatic rings. The molecule has 0 aromatic heterocycles. The van der Waals surface area contributed by atoms with Gasteiger partial charge in [0.15, 0.2) is 0 Å². The molecule has 0 aliphatic rings. The third-order valence-electron chi connectivity index (χ3n) is 1.72. The maximum absolute atomic E-state index is 11.3. The molecule has 1 amide bonds. The van der Waals surface area contributed by atoms with E-state index in [1.165, 1.54) is 13.1 Å². The van der Waals surface area contributed by atoms with E-state index >= 15 is 0 Å². The van der Waals surface area contributed by atoms with E-state index in [1.54, 1.807) is 0 Å². The highest BCUT2D eigenvalue weighted by Gasteiger charge is 2.23. The number of oxime groups is 1. The molecular formula is C9H16N2O3. The van der Waals surface area contributed by atoms with E-state index in [-0.39, 0.29) is 18.4 Å². The van der Waals surface area contributed by atoms with Gasteiger partial charge in [0.1, 0.15) is 12.5 Å². The molecule has 0 spiro atoms. The summed E-state index contributed by atoms with van der Waals surface area (Å²) in [5.74, 6) is -0.763. The molecule has 2 N–H and O–H groups in total. The van der Waals surface area contributed by atoms with Crippen LogP contribution in [0.2, 0.25) is 0 Å². The molecule has 0 heterocycles. The zero-order valence-corrected chi connectivity index (χ0v) is 8.49. The SMILES string of the molecule is C=CCO/C(=N\O)C(CC)C(=O)NC. The normalized spacial score (nSPS) is 13.1. The predicted molar refractivity (Wildman–Crippen MR) is 53.2 cm³/mol. The lowest BCUT2D eigenvalue weighted by atomic mass is 10.1. The summed E-state index contributed by atoms with van der Waals surface area (Å²) in [5, 5.41) is 14.1. The van der Waals surface area contributed by atoms with E-state index in [2.05, 4.69) is 17.1 Å². The number of ether oxygens (including phenoxy) is 1. The van der Waals surface area contributed by atoms with Crippen molar-refractivity contribution in [3.63, 3.8) is 0 Å². The number of carbonyl (C=O) groups excluding carboxylic acids is 1. The second kappa shape index (κ2) is 6.94. The van der Waals surface area contributed by atoms with E-state index in [0.29, 0.717) is 6.42 Å². The first-order valence-corrected chi connectivity index (χ1v) is 4.38. The van der Waals surface area contributed by atoms with Crippen LogP contribution in [0.5, 0.6) is 0 Å². The summed E-state index contributed by atoms with van der Waals surface area (Å²) in [6, 6.07) is 0. The summed E-state index contributed by atoms with van der Waals surface area (Å²) in [6.45, 7) is 5.48. The van der Waals surface area contributed by atoms with Crippen LogP contribution in [0.15, 0.2) is 17.8 Å². The van der Waals surface area contributed by atoms with Gasteiger partial charge in [-0.1, -0.05) is 24.7 Å². The second-order valence-electron chi connectivity index (χ2n) is 2.61. The Hall–Kier alpha value is -1.52. The van der Waals surface area contributed by atoms with Gasteiger partial charge in [0.25, 0.3) is 0 Å². The number of hydrogen-bond donors (Lipinski definition) is 2. The van der Waals surface area contributed by atoms with Crippen LogP contribution in [0.3, 0.4) is 0 Å². The van der Waals surface area contributed by atoms with E-state index in [9.17, 15) is 4.79 Å². The van der Waals surface area contributed by atoms with Crippen molar-refractivity contribution in [3.05, 3.63) is 12.7 Å². The third kappa shape index (κ3) is 3.47. The largest absolute Gasteiger partial charge is 0.474 e. The number of hydrogen-bond acceptors (Lipinski definition) is 4. The van der Waals surface area contributed by atoms with Gasteiger partial charge < -0.3 is 15.3 Å². The fourth-order valence-electron chi connectivity index (χ4n) is 0.990. The maximum Gasteiger partial charge on any atom is 0.238 e. The fourth-order valence-corrected chi connectivity index (χ4v) is 0.990. The quantitative estimate of drug-likeness (QED) is 0.226. The van der Waals surface area contributed by atoms with Crippen molar-refractivity contribution in [2.24, 2.45) is 11.1 Å². The molecular weight excluding hydrogens is 184 g/mol. The van der Waals surface area contributed by atoms with Crippen LogP contribution in [0.4, 0.5) is 0 Å². The molecule has 0 saturated carbocycles. The van der Waals surface area contributed by atoms with Crippen molar-refractivity contribution >= 4 is 11.8 Å². The number of amides is 1. The number of nitrogens with zero attached hydrogens (tertiary/aromatic N) is 1. The Kier molecular flexibility index (Phi) is 6.19. The van der Waals surface area contributed by atoms with Crippen molar-refractivity contribution in [1.82, 2.24) is 5.32 Å². The zero-order valence-electron chi connectivity index (χ0n) is 8.49. The summed E-state index contributed by atoms with van der Waals surface area (Å²) < 4.78 is 5.04. The Morgan fingerprint density at radius 2 is 2.43 bits per heavy atom. The van der Waals surface area contributed by atoms with Gasteiger partial charge in [0.2, 0.25) is 11.8 Å². The van der Waals surface area contributed by atoms with Crippen molar-refractivity contribution in [2.75, 3.05) is 13.7 Å². The Bertz CT molecular complexity index is 226. The highest BCUT2D eigenvalue weighted by atomic mass is 16.5. The van der Waals surface area contributed by atoms with Gasteiger partial charge in [0.05, 0.1) is 0 Å². The van der Waals surface area contributed by atoms with E-state index < -0.39 is 5.92 Å². The average molecular weight is 200 g/mol. The molecule has 1 atom stereocenters. The molecule has 5 nitrogen and oxygen atoms in total. The van der Waals surface area contributed by atoms with Crippen LogP contribution < -0.4 is 5.32 Å². The van der Waals surface area contributed by atoms with Crippen molar-refractivity contribution in [1.29, 1.82) is 0 Å². The van der Waals surface area contributed by atoms with Crippen LogP contribution in [-0.4, -0.2) is 30.7 Å². The standard InChI is InChI=1S/C9H16N2O3/c1-4-6-14-9(11-13)7(5-2)8(12)10-3/h4,7,13H,1,5-6H2,2-3H3,(H,10,12)/b11-9-. The Morgan fingerprint density at radius 1 is 1.79 bits per heavy atom. The number of rotatable bonds is 5. The molecule has 5 heteroatoms. The van der Waals surface area contributed by atoms with Crippen LogP contribution in [0.25, 0.3) is 0 Å². The van der Waals surface area contributed by atoms with Gasteiger partial charge in [-0.25, -0.2) is 0 Å². The highest BCUT2D eigenvalue weighted by molar-refractivity contribution is 5.99. The number of carbonyl (C=O) groups is 1. The van der Waals surface area contributed by atoms with Gasteiger partial charge in [-0.3, -0.25) is 4.79 Å². The summed E-state index contributed by atoms with van der Waals surface area (Å²) >= 11 is 0. The predicted octanol–water partition coefficient (Wildman–Crippen LogP) is 0.749. The zero-order chi connectivity index (χ0) is 11.0. The van der Waals surface area contributed by atoms with Crippen LogP contribution in [0, 0.1) is 5.92 Å². The van der Waals surface area contributed by atoms with Gasteiger partial charge in [-0.05, 0) is 6.42 Å². The molecule has 0 rings (SSSR count). The Morgan fingerprint density at radius 3 is 2.79 bits per heavy atom. The fraction of sp³-hybridized carbons (Fsp3) is 0.556. The molecule has 0 saturated heterocycles. The molecule has 0 bridgehead atoms. The molecule has 14 heavy (non-hydrogen) atoms. The van der Waals surface area contributed by atoms with Crippen LogP contribution in [0.1, 0.15) is 13.3 Å². The topological polar surface area (TPSA) is 70.9 Å². The average Bonchev–Trinajstić information content (AvgIpc) is 2.23. The van der Waals surface area contributed by atoms with Gasteiger partial charge in [-0.15, -0.1) is 0 Å². The first kappa shape index (κ1) is 12.5. The van der Waals surface area contributed by atoms with Gasteiger partial charge in [-0.2, -0.15) is 0 Å². The monoisotopic (exact) mass is 200 g/mol. The van der Waals surface area contributed by atoms with Gasteiger partial charge in [0, 0.05) is 7.05 Å². The Balaban J connectivity index is 4.45. The minimum absolute atomic E-state index is 0.0201. The minimum Gasteiger partial charge on any atom is -0.474 e. The highest BCUT2D eigenvalue weighted by Crippen LogP contribution is 2.07. The molecule has 1 unspecified atom stereocenters. The molecule has 0 aliphatic carbocycles. The summed E-state index contributed by atoms with van der Waals surface area (Å²) in [6.07, 6.45) is 2.03. The van der Waals surface area contributed by atoms with E-state index in [0.717, 1.165) is 0 Å². The molecule has 80 valence electrons. The summed E-state index contributed by atoms with van der Waals surface area (Å²) in [4.78, 5) is 11.3. The van der Waals surface area contributed by atoms with Crippen molar-refractivity contribution < 1.29 is 14.7 Å². The molecule has 0 aromatic carbocycles. The lowest BCUT2D eigenvalue weighted by Crippen LogP contribution is -2.34. The first-order valence-electron chi connectivity index (χ1n) is 4.38. The van der Waals surface area contributed by atoms with Gasteiger partial charge >= 0.3 is 0 Å². The first-order chi connectivity index (χ1) is 6.71. The maximum atomic E-state index is 11.3. The smallest absolute Gasteiger partial charge is 0.238 e. The van der Waals surface area contributed by atoms with Crippen LogP contribution >= 0.6 is 0 Å². The van der Waals surface area contributed by atoms with Crippen LogP contribution in [-0.2, 0) is 9.53 Å². The lowest BCUT2D eigenvalue weighted by molar-refractivity contribution is -0.123. The second-order valence-corrected chi connectivity index (χ2v) is 2.61. The lowest BCUT2D eigenvalue weighted by Gasteiger charge is -2.14. The van der Waals surface area contributed by atoms with Crippen molar-refractivity contribution in [3.8, 4) is 0 Å². The molecule has 0 aliphatic heterocycles.